The molecule has 3 heterocycles. The van der Waals surface area contributed by atoms with Gasteiger partial charge in [0.2, 0.25) is 11.8 Å². The topological polar surface area (TPSA) is 214 Å². The number of carboxylic acid groups (broad SMARTS) is 3. The highest BCUT2D eigenvalue weighted by Crippen LogP contribution is 2.28. The summed E-state index contributed by atoms with van der Waals surface area (Å²) in [6.07, 6.45) is -12.5. The molecule has 14 nitrogen and oxygen atoms in total. The van der Waals surface area contributed by atoms with Gasteiger partial charge in [0.15, 0.2) is 0 Å². The minimum Gasteiger partial charge on any atom is -0.475 e. The molecule has 2 aliphatic heterocycles. The molecule has 1 unspecified atom stereocenters. The highest BCUT2D eigenvalue weighted by molar-refractivity contribution is 6.00. The fourth-order valence-corrected chi connectivity index (χ4v) is 4.21. The number of nitrogens with two attached hydrogens (primary N) is 1. The predicted octanol–water partition coefficient (Wildman–Crippen LogP) is 2.39. The molecule has 6 N–H and O–H groups in total. The molecule has 2 saturated heterocycles. The lowest BCUT2D eigenvalue weighted by Crippen LogP contribution is -2.44. The van der Waals surface area contributed by atoms with Gasteiger partial charge in [0.25, 0.3) is 0 Å². The summed E-state index contributed by atoms with van der Waals surface area (Å²) in [6, 6.07) is 5.28. The molecular formula is C25H28F9N5O9. The van der Waals surface area contributed by atoms with E-state index in [-0.39, 0.29) is 18.0 Å². The van der Waals surface area contributed by atoms with Crippen LogP contribution in [-0.2, 0) is 31.0 Å². The number of fused-ring (bicyclic) bond motifs is 1. The first-order valence-corrected chi connectivity index (χ1v) is 13.2. The second-order valence-electron chi connectivity index (χ2n) is 9.93. The van der Waals surface area contributed by atoms with Crippen molar-refractivity contribution < 1.29 is 78.8 Å². The summed E-state index contributed by atoms with van der Waals surface area (Å²) in [6.45, 7) is 2.64. The van der Waals surface area contributed by atoms with E-state index in [0.29, 0.717) is 12.3 Å². The molecule has 1 aromatic carbocycles. The van der Waals surface area contributed by atoms with Crippen LogP contribution in [0.25, 0.3) is 11.0 Å². The van der Waals surface area contributed by atoms with Gasteiger partial charge in [0, 0.05) is 32.2 Å². The molecule has 2 fully saturated rings. The van der Waals surface area contributed by atoms with Crippen LogP contribution >= 0.6 is 0 Å². The van der Waals surface area contributed by atoms with Gasteiger partial charge < -0.3 is 26.0 Å². The molecule has 0 spiro atoms. The smallest absolute Gasteiger partial charge is 0.475 e. The molecule has 2 amide bonds. The van der Waals surface area contributed by atoms with Crippen molar-refractivity contribution in [2.45, 2.75) is 50.3 Å². The molecular weight excluding hydrogens is 685 g/mol. The summed E-state index contributed by atoms with van der Waals surface area (Å²) in [5, 5.41) is 23.7. The third-order valence-electron chi connectivity index (χ3n) is 6.64. The zero-order valence-electron chi connectivity index (χ0n) is 24.4. The van der Waals surface area contributed by atoms with Crippen LogP contribution in [-0.4, -0.2) is 92.3 Å². The molecule has 0 saturated carbocycles. The van der Waals surface area contributed by atoms with Crippen LogP contribution in [0.2, 0.25) is 0 Å². The fraction of sp³-hybridized carbons (Fsp3) is 0.520. The van der Waals surface area contributed by atoms with Gasteiger partial charge in [-0.15, -0.1) is 0 Å². The van der Waals surface area contributed by atoms with E-state index < -0.39 is 48.4 Å². The number of carbonyl (C=O) groups excluding carboxylic acids is 2. The van der Waals surface area contributed by atoms with E-state index in [1.165, 1.54) is 4.57 Å². The van der Waals surface area contributed by atoms with E-state index in [4.69, 9.17) is 35.4 Å². The van der Waals surface area contributed by atoms with Gasteiger partial charge in [-0.3, -0.25) is 24.0 Å². The quantitative estimate of drug-likeness (QED) is 0.230. The number of nitrogens with zero attached hydrogens (tertiary/aromatic N) is 3. The van der Waals surface area contributed by atoms with Crippen molar-refractivity contribution in [2.75, 3.05) is 24.5 Å². The van der Waals surface area contributed by atoms with Gasteiger partial charge in [-0.05, 0) is 49.9 Å². The lowest BCUT2D eigenvalue weighted by molar-refractivity contribution is -0.193. The van der Waals surface area contributed by atoms with Gasteiger partial charge in [0.1, 0.15) is 6.04 Å². The van der Waals surface area contributed by atoms with Crippen molar-refractivity contribution in [3.63, 3.8) is 0 Å². The van der Waals surface area contributed by atoms with E-state index in [2.05, 4.69) is 10.2 Å². The van der Waals surface area contributed by atoms with Crippen LogP contribution in [0, 0.1) is 5.92 Å². The van der Waals surface area contributed by atoms with Crippen molar-refractivity contribution in [1.29, 1.82) is 0 Å². The maximum absolute atomic E-state index is 12.8. The zero-order valence-corrected chi connectivity index (χ0v) is 24.4. The third-order valence-corrected chi connectivity index (χ3v) is 6.64. The number of alkyl halides is 9. The predicted molar refractivity (Wildman–Crippen MR) is 144 cm³/mol. The Hall–Kier alpha value is -4.83. The van der Waals surface area contributed by atoms with Crippen LogP contribution in [0.3, 0.4) is 0 Å². The number of nitrogens with one attached hydrogen (secondary N) is 1. The number of halogens is 9. The number of benzene rings is 1. The Morgan fingerprint density at radius 3 is 1.62 bits per heavy atom. The molecule has 1 aromatic heterocycles. The van der Waals surface area contributed by atoms with E-state index >= 15 is 0 Å². The summed E-state index contributed by atoms with van der Waals surface area (Å²) in [5.74, 6) is -8.38. The first-order chi connectivity index (χ1) is 21.8. The lowest BCUT2D eigenvalue weighted by atomic mass is 9.97. The number of hydrogen-bond donors (Lipinski definition) is 5. The van der Waals surface area contributed by atoms with Gasteiger partial charge in [0.05, 0.1) is 11.0 Å². The number of amides is 2. The van der Waals surface area contributed by atoms with Crippen LogP contribution in [0.4, 0.5) is 45.2 Å². The Morgan fingerprint density at radius 2 is 1.25 bits per heavy atom. The van der Waals surface area contributed by atoms with Crippen LogP contribution in [0.1, 0.15) is 31.7 Å². The molecule has 2 aliphatic rings. The molecule has 1 atom stereocenters. The van der Waals surface area contributed by atoms with E-state index in [1.807, 2.05) is 18.2 Å². The van der Waals surface area contributed by atoms with E-state index in [9.17, 15) is 53.9 Å². The number of imide groups is 1. The van der Waals surface area contributed by atoms with E-state index in [0.717, 1.165) is 49.2 Å². The number of aryl methyl sites for hydroxylation is 1. The number of carbonyl (C=O) groups is 5. The maximum atomic E-state index is 12.8. The minimum absolute atomic E-state index is 0.238. The summed E-state index contributed by atoms with van der Waals surface area (Å²) >= 11 is 0. The van der Waals surface area contributed by atoms with Crippen LogP contribution in [0.15, 0.2) is 23.0 Å². The molecule has 0 bridgehead atoms. The van der Waals surface area contributed by atoms with Crippen molar-refractivity contribution >= 4 is 46.4 Å². The Balaban J connectivity index is 0.000000448. The molecule has 0 radical (unpaired) electrons. The number of hydrogen-bond acceptors (Lipinski definition) is 8. The second kappa shape index (κ2) is 16.3. The SMILES string of the molecule is Cn1c(=O)n(C2CCC(=O)NC2=O)c2ccc(N3CCC(CN)CC3)cc21.O=C(O)C(F)(F)F.O=C(O)C(F)(F)F.O=C(O)C(F)(F)F. The monoisotopic (exact) mass is 713 g/mol. The van der Waals surface area contributed by atoms with Gasteiger partial charge in [-0.2, -0.15) is 39.5 Å². The summed E-state index contributed by atoms with van der Waals surface area (Å²) in [4.78, 5) is 65.5. The lowest BCUT2D eigenvalue weighted by Gasteiger charge is -2.33. The maximum Gasteiger partial charge on any atom is 0.490 e. The number of anilines is 1. The third kappa shape index (κ3) is 11.8. The summed E-state index contributed by atoms with van der Waals surface area (Å²) in [5.41, 5.74) is 8.13. The fourth-order valence-electron chi connectivity index (χ4n) is 4.21. The molecule has 48 heavy (non-hydrogen) atoms. The van der Waals surface area contributed by atoms with Gasteiger partial charge in [-0.1, -0.05) is 0 Å². The van der Waals surface area contributed by atoms with Crippen LogP contribution in [0.5, 0.6) is 0 Å². The van der Waals surface area contributed by atoms with Gasteiger partial charge in [-0.25, -0.2) is 19.2 Å². The zero-order chi connectivity index (χ0) is 37.4. The van der Waals surface area contributed by atoms with Crippen molar-refractivity contribution in [2.24, 2.45) is 18.7 Å². The number of piperidine rings is 2. The number of carboxylic acids is 3. The van der Waals surface area contributed by atoms with Crippen molar-refractivity contribution in [3.8, 4) is 0 Å². The Labute approximate surface area is 262 Å². The summed E-state index contributed by atoms with van der Waals surface area (Å²) < 4.78 is 98.3. The molecule has 270 valence electrons. The van der Waals surface area contributed by atoms with Crippen molar-refractivity contribution in [1.82, 2.24) is 14.5 Å². The Kier molecular flexibility index (Phi) is 14.0. The van der Waals surface area contributed by atoms with Crippen LogP contribution < -0.4 is 21.6 Å². The van der Waals surface area contributed by atoms with Gasteiger partial charge >= 0.3 is 42.1 Å². The number of aliphatic carboxylic acids is 3. The number of imidazole rings is 1. The minimum atomic E-state index is -5.08. The highest BCUT2D eigenvalue weighted by atomic mass is 19.4. The molecule has 4 rings (SSSR count). The molecule has 23 heteroatoms. The number of aromatic nitrogens is 2. The highest BCUT2D eigenvalue weighted by Gasteiger charge is 2.39. The largest absolute Gasteiger partial charge is 0.490 e. The first kappa shape index (κ1) is 41.2. The van der Waals surface area contributed by atoms with E-state index in [1.54, 1.807) is 11.6 Å². The first-order valence-electron chi connectivity index (χ1n) is 13.2. The van der Waals surface area contributed by atoms with Crippen molar-refractivity contribution in [3.05, 3.63) is 28.7 Å². The normalized spacial score (nSPS) is 17.1. The molecule has 0 aliphatic carbocycles. The number of rotatable bonds is 3. The Bertz CT molecular complexity index is 1480. The average molecular weight is 714 g/mol. The Morgan fingerprint density at radius 1 is 0.812 bits per heavy atom. The second-order valence-corrected chi connectivity index (χ2v) is 9.93. The summed E-state index contributed by atoms with van der Waals surface area (Å²) in [7, 11) is 1.72. The molecule has 2 aromatic rings. The standard InChI is InChI=1S/C19H25N5O3.3C2HF3O2/c1-22-16-10-13(23-8-6-12(11-20)7-9-23)2-3-14(16)24(19(22)27)15-4-5-17(25)21-18(15)26;3*3-2(4,5)1(6)7/h2-3,10,12,15H,4-9,11,20H2,1H3,(H,21,25,26);3*(H,6,7). The average Bonchev–Trinajstić information content (AvgIpc) is 3.21.